The van der Waals surface area contributed by atoms with Crippen molar-refractivity contribution in [1.29, 1.82) is 0 Å². The van der Waals surface area contributed by atoms with Gasteiger partial charge in [0.05, 0.1) is 18.8 Å². The van der Waals surface area contributed by atoms with E-state index < -0.39 is 0 Å². The van der Waals surface area contributed by atoms with Gasteiger partial charge in [-0.15, -0.1) is 0 Å². The van der Waals surface area contributed by atoms with Gasteiger partial charge in [-0.05, 0) is 18.9 Å². The van der Waals surface area contributed by atoms with E-state index in [0.717, 1.165) is 19.4 Å². The van der Waals surface area contributed by atoms with E-state index in [4.69, 9.17) is 4.74 Å². The molecule has 0 radical (unpaired) electrons. The lowest BCUT2D eigenvalue weighted by molar-refractivity contribution is -0.144. The zero-order valence-electron chi connectivity index (χ0n) is 8.45. The van der Waals surface area contributed by atoms with Gasteiger partial charge in [0.1, 0.15) is 0 Å². The van der Waals surface area contributed by atoms with Crippen molar-refractivity contribution in [3.05, 3.63) is 12.7 Å². The summed E-state index contributed by atoms with van der Waals surface area (Å²) in [6.45, 7) is 4.95. The minimum absolute atomic E-state index is 0.0604. The molecule has 1 aliphatic heterocycles. The van der Waals surface area contributed by atoms with Crippen LogP contribution < -0.4 is 0 Å². The number of morpholine rings is 1. The predicted octanol–water partition coefficient (Wildman–Crippen LogP) is 1.34. The number of fused-ring (bicyclic) bond motifs is 1. The van der Waals surface area contributed by atoms with Gasteiger partial charge in [0, 0.05) is 6.54 Å². The topological polar surface area (TPSA) is 29.5 Å². The van der Waals surface area contributed by atoms with E-state index in [1.165, 1.54) is 18.9 Å². The maximum atomic E-state index is 11.6. The lowest BCUT2D eigenvalue weighted by atomic mass is 9.90. The molecular weight excluding hydrogens is 178 g/mol. The Morgan fingerprint density at radius 3 is 3.00 bits per heavy atom. The normalized spacial score (nSPS) is 32.1. The van der Waals surface area contributed by atoms with E-state index in [9.17, 15) is 4.79 Å². The van der Waals surface area contributed by atoms with Crippen molar-refractivity contribution < 1.29 is 9.53 Å². The lowest BCUT2D eigenvalue weighted by Gasteiger charge is -2.43. The Bertz CT molecular complexity index is 237. The monoisotopic (exact) mass is 195 g/mol. The summed E-state index contributed by atoms with van der Waals surface area (Å²) in [5.41, 5.74) is 0. The van der Waals surface area contributed by atoms with Crippen molar-refractivity contribution in [2.24, 2.45) is 0 Å². The van der Waals surface area contributed by atoms with Crippen molar-refractivity contribution in [2.75, 3.05) is 13.2 Å². The predicted molar refractivity (Wildman–Crippen MR) is 53.9 cm³/mol. The van der Waals surface area contributed by atoms with Crippen LogP contribution in [-0.4, -0.2) is 36.1 Å². The molecule has 78 valence electrons. The summed E-state index contributed by atoms with van der Waals surface area (Å²) in [6.07, 6.45) is 6.33. The molecule has 1 saturated heterocycles. The van der Waals surface area contributed by atoms with Gasteiger partial charge in [-0.1, -0.05) is 19.4 Å². The van der Waals surface area contributed by atoms with Gasteiger partial charge in [0.25, 0.3) is 0 Å². The van der Waals surface area contributed by atoms with Crippen LogP contribution in [0, 0.1) is 0 Å². The van der Waals surface area contributed by atoms with Crippen LogP contribution >= 0.6 is 0 Å². The Morgan fingerprint density at radius 1 is 1.43 bits per heavy atom. The molecule has 0 spiro atoms. The van der Waals surface area contributed by atoms with Gasteiger partial charge in [-0.25, -0.2) is 0 Å². The van der Waals surface area contributed by atoms with E-state index >= 15 is 0 Å². The smallest absolute Gasteiger partial charge is 0.246 e. The van der Waals surface area contributed by atoms with Crippen LogP contribution in [0.5, 0.6) is 0 Å². The second-order valence-corrected chi connectivity index (χ2v) is 4.00. The number of rotatable bonds is 1. The molecular formula is C11H17NO2. The first-order valence-electron chi connectivity index (χ1n) is 5.37. The van der Waals surface area contributed by atoms with Crippen molar-refractivity contribution >= 4 is 5.91 Å². The van der Waals surface area contributed by atoms with Crippen molar-refractivity contribution in [2.45, 2.75) is 37.8 Å². The second kappa shape index (κ2) is 4.13. The fraction of sp³-hybridized carbons (Fsp3) is 0.727. The van der Waals surface area contributed by atoms with E-state index in [0.29, 0.717) is 12.6 Å². The second-order valence-electron chi connectivity index (χ2n) is 4.00. The molecule has 14 heavy (non-hydrogen) atoms. The van der Waals surface area contributed by atoms with E-state index in [1.54, 1.807) is 0 Å². The molecule has 2 atom stereocenters. The van der Waals surface area contributed by atoms with E-state index in [2.05, 4.69) is 6.58 Å². The third-order valence-electron chi connectivity index (χ3n) is 3.19. The molecule has 1 heterocycles. The molecule has 2 fully saturated rings. The van der Waals surface area contributed by atoms with E-state index in [1.807, 2.05) is 4.90 Å². The number of hydrogen-bond acceptors (Lipinski definition) is 2. The Hall–Kier alpha value is -0.830. The molecule has 0 aromatic rings. The van der Waals surface area contributed by atoms with Crippen LogP contribution in [0.25, 0.3) is 0 Å². The quantitative estimate of drug-likeness (QED) is 0.591. The SMILES string of the molecule is C=CC(=O)N1CCOC2CCCCC21. The third-order valence-corrected chi connectivity index (χ3v) is 3.19. The summed E-state index contributed by atoms with van der Waals surface area (Å²) >= 11 is 0. The molecule has 3 heteroatoms. The highest BCUT2D eigenvalue weighted by Crippen LogP contribution is 2.28. The molecule has 0 bridgehead atoms. The van der Waals surface area contributed by atoms with Crippen LogP contribution in [0.15, 0.2) is 12.7 Å². The fourth-order valence-corrected chi connectivity index (χ4v) is 2.49. The summed E-state index contributed by atoms with van der Waals surface area (Å²) in [5, 5.41) is 0. The van der Waals surface area contributed by atoms with Crippen molar-refractivity contribution in [3.8, 4) is 0 Å². The number of carbonyl (C=O) groups is 1. The molecule has 1 saturated carbocycles. The average molecular weight is 195 g/mol. The Balaban J connectivity index is 2.08. The first kappa shape index (κ1) is 9.71. The number of amides is 1. The number of nitrogens with zero attached hydrogens (tertiary/aromatic N) is 1. The number of hydrogen-bond donors (Lipinski definition) is 0. The molecule has 1 aliphatic carbocycles. The van der Waals surface area contributed by atoms with Crippen molar-refractivity contribution in [3.63, 3.8) is 0 Å². The van der Waals surface area contributed by atoms with Crippen molar-refractivity contribution in [1.82, 2.24) is 4.90 Å². The summed E-state index contributed by atoms with van der Waals surface area (Å²) in [7, 11) is 0. The van der Waals surface area contributed by atoms with Crippen LogP contribution in [0.3, 0.4) is 0 Å². The number of carbonyl (C=O) groups excluding carboxylic acids is 1. The molecule has 0 aromatic carbocycles. The average Bonchev–Trinajstić information content (AvgIpc) is 2.27. The summed E-state index contributed by atoms with van der Waals surface area (Å²) < 4.78 is 5.68. The molecule has 3 nitrogen and oxygen atoms in total. The molecule has 2 rings (SSSR count). The fourth-order valence-electron chi connectivity index (χ4n) is 2.49. The Morgan fingerprint density at radius 2 is 2.21 bits per heavy atom. The molecule has 2 aliphatic rings. The Labute approximate surface area is 84.7 Å². The van der Waals surface area contributed by atoms with Gasteiger partial charge in [-0.3, -0.25) is 4.79 Å². The highest BCUT2D eigenvalue weighted by molar-refractivity contribution is 5.87. The standard InChI is InChI=1S/C11H17NO2/c1-2-11(13)12-7-8-14-10-6-4-3-5-9(10)12/h2,9-10H,1,3-8H2. The van der Waals surface area contributed by atoms with Crippen LogP contribution in [0.2, 0.25) is 0 Å². The minimum Gasteiger partial charge on any atom is -0.374 e. The molecule has 0 N–H and O–H groups in total. The molecule has 0 aromatic heterocycles. The van der Waals surface area contributed by atoms with Crippen LogP contribution in [0.4, 0.5) is 0 Å². The Kier molecular flexibility index (Phi) is 2.87. The number of ether oxygens (including phenoxy) is 1. The zero-order valence-corrected chi connectivity index (χ0v) is 8.45. The first-order valence-corrected chi connectivity index (χ1v) is 5.37. The highest BCUT2D eigenvalue weighted by Gasteiger charge is 2.35. The van der Waals surface area contributed by atoms with Gasteiger partial charge < -0.3 is 9.64 Å². The summed E-state index contributed by atoms with van der Waals surface area (Å²) in [4.78, 5) is 13.5. The van der Waals surface area contributed by atoms with Crippen LogP contribution in [-0.2, 0) is 9.53 Å². The molecule has 1 amide bonds. The van der Waals surface area contributed by atoms with Gasteiger partial charge >= 0.3 is 0 Å². The maximum Gasteiger partial charge on any atom is 0.246 e. The molecule has 2 unspecified atom stereocenters. The third kappa shape index (κ3) is 1.69. The maximum absolute atomic E-state index is 11.6. The summed E-state index contributed by atoms with van der Waals surface area (Å²) in [6, 6.07) is 0.308. The van der Waals surface area contributed by atoms with Gasteiger partial charge in [0.2, 0.25) is 5.91 Å². The minimum atomic E-state index is 0.0604. The first-order chi connectivity index (χ1) is 6.83. The lowest BCUT2D eigenvalue weighted by Crippen LogP contribution is -2.54. The highest BCUT2D eigenvalue weighted by atomic mass is 16.5. The van der Waals surface area contributed by atoms with Crippen LogP contribution in [0.1, 0.15) is 25.7 Å². The summed E-state index contributed by atoms with van der Waals surface area (Å²) in [5.74, 6) is 0.0604. The van der Waals surface area contributed by atoms with E-state index in [-0.39, 0.29) is 12.0 Å². The zero-order chi connectivity index (χ0) is 9.97. The largest absolute Gasteiger partial charge is 0.374 e. The van der Waals surface area contributed by atoms with Gasteiger partial charge in [0.15, 0.2) is 0 Å². The van der Waals surface area contributed by atoms with Gasteiger partial charge in [-0.2, -0.15) is 0 Å².